The lowest BCUT2D eigenvalue weighted by Crippen LogP contribution is -2.48. The molecule has 0 spiro atoms. The van der Waals surface area contributed by atoms with E-state index in [0.29, 0.717) is 44.1 Å². The molecule has 1 aliphatic heterocycles. The zero-order valence-electron chi connectivity index (χ0n) is 20.5. The van der Waals surface area contributed by atoms with E-state index in [-0.39, 0.29) is 11.5 Å². The van der Waals surface area contributed by atoms with E-state index < -0.39 is 17.2 Å². The number of halogens is 3. The summed E-state index contributed by atoms with van der Waals surface area (Å²) in [5.74, 6) is 0.155. The van der Waals surface area contributed by atoms with Gasteiger partial charge in [-0.3, -0.25) is 4.79 Å². The molecule has 1 saturated heterocycles. The number of hydrogen-bond donors (Lipinski definition) is 0. The average molecular weight is 510 g/mol. The van der Waals surface area contributed by atoms with Crippen molar-refractivity contribution in [1.82, 2.24) is 4.98 Å². The summed E-state index contributed by atoms with van der Waals surface area (Å²) >= 11 is 0. The van der Waals surface area contributed by atoms with Crippen LogP contribution in [0, 0.1) is 11.3 Å². The fraction of sp³-hybridized carbons (Fsp3) is 0.321. The second kappa shape index (κ2) is 10.5. The molecule has 0 N–H and O–H groups in total. The molecular formula is C28H26F3N3O3. The van der Waals surface area contributed by atoms with Gasteiger partial charge in [-0.25, -0.2) is 4.98 Å². The van der Waals surface area contributed by atoms with Crippen LogP contribution < -0.4 is 9.64 Å². The normalized spacial score (nSPS) is 15.1. The van der Waals surface area contributed by atoms with Crippen molar-refractivity contribution < 1.29 is 27.4 Å². The van der Waals surface area contributed by atoms with Crippen molar-refractivity contribution in [1.29, 1.82) is 5.26 Å². The van der Waals surface area contributed by atoms with Crippen molar-refractivity contribution in [3.63, 3.8) is 0 Å². The maximum Gasteiger partial charge on any atom is 0.416 e. The van der Waals surface area contributed by atoms with E-state index in [9.17, 15) is 23.2 Å². The minimum Gasteiger partial charge on any atom is -0.478 e. The van der Waals surface area contributed by atoms with Crippen LogP contribution in [0.25, 0.3) is 11.1 Å². The van der Waals surface area contributed by atoms with Crippen LogP contribution >= 0.6 is 0 Å². The van der Waals surface area contributed by atoms with E-state index in [4.69, 9.17) is 9.47 Å². The summed E-state index contributed by atoms with van der Waals surface area (Å²) in [6, 6.07) is 16.4. The van der Waals surface area contributed by atoms with Gasteiger partial charge in [-0.15, -0.1) is 0 Å². The maximum atomic E-state index is 13.1. The molecule has 1 aliphatic rings. The van der Waals surface area contributed by atoms with Gasteiger partial charge in [0.25, 0.3) is 0 Å². The number of piperidine rings is 1. The lowest BCUT2D eigenvalue weighted by Gasteiger charge is -2.41. The van der Waals surface area contributed by atoms with Gasteiger partial charge >= 0.3 is 12.1 Å². The number of carbonyl (C=O) groups is 1. The fourth-order valence-corrected chi connectivity index (χ4v) is 4.84. The smallest absolute Gasteiger partial charge is 0.416 e. The molecule has 192 valence electrons. The number of hydrogen-bond acceptors (Lipinski definition) is 6. The number of rotatable bonds is 6. The zero-order valence-corrected chi connectivity index (χ0v) is 20.5. The number of pyridine rings is 1. The van der Waals surface area contributed by atoms with Gasteiger partial charge in [0.1, 0.15) is 6.07 Å². The van der Waals surface area contributed by atoms with Gasteiger partial charge in [-0.05, 0) is 61.2 Å². The third-order valence-corrected chi connectivity index (χ3v) is 6.78. The van der Waals surface area contributed by atoms with E-state index >= 15 is 0 Å². The zero-order chi connectivity index (χ0) is 26.6. The van der Waals surface area contributed by atoms with E-state index in [1.165, 1.54) is 13.2 Å². The molecule has 0 amide bonds. The van der Waals surface area contributed by atoms with Gasteiger partial charge in [0.15, 0.2) is 0 Å². The molecule has 0 bridgehead atoms. The van der Waals surface area contributed by atoms with Crippen molar-refractivity contribution in [2.75, 3.05) is 31.7 Å². The molecule has 37 heavy (non-hydrogen) atoms. The molecule has 0 unspecified atom stereocenters. The van der Waals surface area contributed by atoms with Crippen LogP contribution in [0.15, 0.2) is 60.8 Å². The van der Waals surface area contributed by atoms with Crippen molar-refractivity contribution in [2.24, 2.45) is 0 Å². The van der Waals surface area contributed by atoms with Crippen LogP contribution in [0.5, 0.6) is 5.88 Å². The monoisotopic (exact) mass is 509 g/mol. The van der Waals surface area contributed by atoms with Crippen LogP contribution in [0.1, 0.15) is 36.5 Å². The number of nitrogens with zero attached hydrogens (tertiary/aromatic N) is 3. The Kier molecular flexibility index (Phi) is 7.39. The Morgan fingerprint density at radius 1 is 1.14 bits per heavy atom. The molecule has 6 nitrogen and oxygen atoms in total. The predicted molar refractivity (Wildman–Crippen MR) is 132 cm³/mol. The first-order valence-corrected chi connectivity index (χ1v) is 11.9. The van der Waals surface area contributed by atoms with Crippen LogP contribution in [0.3, 0.4) is 0 Å². The lowest BCUT2D eigenvalue weighted by molar-refractivity contribution is -0.148. The van der Waals surface area contributed by atoms with Crippen molar-refractivity contribution in [3.05, 3.63) is 77.5 Å². The van der Waals surface area contributed by atoms with E-state index in [2.05, 4.69) is 4.98 Å². The lowest BCUT2D eigenvalue weighted by atomic mass is 9.72. The highest BCUT2D eigenvalue weighted by Gasteiger charge is 2.44. The van der Waals surface area contributed by atoms with Gasteiger partial charge in [0.2, 0.25) is 5.88 Å². The highest BCUT2D eigenvalue weighted by molar-refractivity contribution is 5.84. The van der Waals surface area contributed by atoms with Crippen LogP contribution in [0.2, 0.25) is 0 Å². The molecule has 2 aromatic carbocycles. The number of methoxy groups -OCH3 is 1. The highest BCUT2D eigenvalue weighted by Crippen LogP contribution is 2.41. The Labute approximate surface area is 213 Å². The van der Waals surface area contributed by atoms with E-state index in [1.807, 2.05) is 54.3 Å². The van der Waals surface area contributed by atoms with E-state index in [0.717, 1.165) is 28.8 Å². The summed E-state index contributed by atoms with van der Waals surface area (Å²) in [5.41, 5.74) is 1.11. The standard InChI is InChI=1S/C28H26F3N3O3/c1-3-37-25-23(5-4-14-33-25)19-6-8-21(9-7-19)27(26(35)36-2)12-15-34(16-13-27)24-11-10-22(28(29,30)31)17-20(24)18-32/h4-11,14,17H,3,12-13,15-16H2,1-2H3. The average Bonchev–Trinajstić information content (AvgIpc) is 2.92. The van der Waals surface area contributed by atoms with Crippen LogP contribution in [-0.2, 0) is 21.1 Å². The van der Waals surface area contributed by atoms with Gasteiger partial charge < -0.3 is 14.4 Å². The highest BCUT2D eigenvalue weighted by atomic mass is 19.4. The summed E-state index contributed by atoms with van der Waals surface area (Å²) in [5, 5.41) is 9.49. The number of esters is 1. The summed E-state index contributed by atoms with van der Waals surface area (Å²) in [6.07, 6.45) is -2.11. The molecular weight excluding hydrogens is 483 g/mol. The summed E-state index contributed by atoms with van der Waals surface area (Å²) in [6.45, 7) is 3.11. The minimum atomic E-state index is -4.53. The molecule has 0 atom stereocenters. The van der Waals surface area contributed by atoms with Gasteiger partial charge in [-0.2, -0.15) is 18.4 Å². The molecule has 9 heteroatoms. The Bertz CT molecular complexity index is 1310. The number of alkyl halides is 3. The Hall–Kier alpha value is -4.06. The van der Waals surface area contributed by atoms with Gasteiger partial charge in [-0.1, -0.05) is 24.3 Å². The number of ether oxygens (including phenoxy) is 2. The number of anilines is 1. The number of aromatic nitrogens is 1. The molecule has 2 heterocycles. The SMILES string of the molecule is CCOc1ncccc1-c1ccc(C2(C(=O)OC)CCN(c3ccc(C(F)(F)F)cc3C#N)CC2)cc1. The summed E-state index contributed by atoms with van der Waals surface area (Å²) < 4.78 is 50.1. The van der Waals surface area contributed by atoms with Crippen molar-refractivity contribution >= 4 is 11.7 Å². The molecule has 4 rings (SSSR count). The summed E-state index contributed by atoms with van der Waals surface area (Å²) in [4.78, 5) is 19.2. The van der Waals surface area contributed by atoms with Crippen molar-refractivity contribution in [2.45, 2.75) is 31.4 Å². The Morgan fingerprint density at radius 2 is 1.84 bits per heavy atom. The molecule has 0 saturated carbocycles. The second-order valence-corrected chi connectivity index (χ2v) is 8.77. The van der Waals surface area contributed by atoms with Crippen LogP contribution in [0.4, 0.5) is 18.9 Å². The predicted octanol–water partition coefficient (Wildman–Crippen LogP) is 5.75. The Morgan fingerprint density at radius 3 is 2.43 bits per heavy atom. The fourth-order valence-electron chi connectivity index (χ4n) is 4.84. The summed E-state index contributed by atoms with van der Waals surface area (Å²) in [7, 11) is 1.35. The largest absolute Gasteiger partial charge is 0.478 e. The molecule has 0 aliphatic carbocycles. The first-order valence-electron chi connectivity index (χ1n) is 11.9. The third kappa shape index (κ3) is 5.10. The molecule has 1 fully saturated rings. The number of nitriles is 1. The quantitative estimate of drug-likeness (QED) is 0.394. The topological polar surface area (TPSA) is 75.5 Å². The molecule has 1 aromatic heterocycles. The molecule has 3 aromatic rings. The first kappa shape index (κ1) is 26.0. The third-order valence-electron chi connectivity index (χ3n) is 6.78. The molecule has 0 radical (unpaired) electrons. The van der Waals surface area contributed by atoms with Gasteiger partial charge in [0.05, 0.1) is 35.9 Å². The van der Waals surface area contributed by atoms with Crippen LogP contribution in [-0.4, -0.2) is 37.8 Å². The van der Waals surface area contributed by atoms with Crippen molar-refractivity contribution in [3.8, 4) is 23.1 Å². The second-order valence-electron chi connectivity index (χ2n) is 8.77. The first-order chi connectivity index (χ1) is 17.7. The number of carbonyl (C=O) groups excluding carboxylic acids is 1. The van der Waals surface area contributed by atoms with Gasteiger partial charge in [0, 0.05) is 24.8 Å². The Balaban J connectivity index is 1.61. The maximum absolute atomic E-state index is 13.1. The number of benzene rings is 2. The van der Waals surface area contributed by atoms with E-state index in [1.54, 1.807) is 6.20 Å². The minimum absolute atomic E-state index is 0.0497.